The van der Waals surface area contributed by atoms with Gasteiger partial charge in [0.15, 0.2) is 0 Å². The van der Waals surface area contributed by atoms with Crippen LogP contribution >= 0.6 is 0 Å². The number of carbonyl (C=O) groups is 1. The van der Waals surface area contributed by atoms with Gasteiger partial charge in [0.2, 0.25) is 0 Å². The number of alkyl halides is 3. The summed E-state index contributed by atoms with van der Waals surface area (Å²) in [5, 5.41) is 0. The van der Waals surface area contributed by atoms with Crippen molar-refractivity contribution in [3.8, 4) is 0 Å². The van der Waals surface area contributed by atoms with Crippen LogP contribution in [0.1, 0.15) is 30.9 Å². The van der Waals surface area contributed by atoms with E-state index < -0.39 is 23.7 Å². The molecule has 0 aliphatic carbocycles. The maximum Gasteiger partial charge on any atom is 0.416 e. The first-order chi connectivity index (χ1) is 10.8. The molecule has 0 aromatic heterocycles. The second-order valence-electron chi connectivity index (χ2n) is 5.27. The molecular formula is C16H17F4NO2. The van der Waals surface area contributed by atoms with Gasteiger partial charge in [-0.1, -0.05) is 19.4 Å². The second kappa shape index (κ2) is 7.02. The largest absolute Gasteiger partial charge is 0.449 e. The molecule has 23 heavy (non-hydrogen) atoms. The van der Waals surface area contributed by atoms with Gasteiger partial charge in [0.05, 0.1) is 12.2 Å². The molecule has 126 valence electrons. The van der Waals surface area contributed by atoms with E-state index in [1.165, 1.54) is 4.90 Å². The summed E-state index contributed by atoms with van der Waals surface area (Å²) in [5.74, 6) is -0.745. The highest BCUT2D eigenvalue weighted by Gasteiger charge is 2.32. The highest BCUT2D eigenvalue weighted by atomic mass is 19.4. The topological polar surface area (TPSA) is 29.5 Å². The zero-order valence-electron chi connectivity index (χ0n) is 12.6. The minimum atomic E-state index is -4.54. The number of ether oxygens (including phenoxy) is 1. The summed E-state index contributed by atoms with van der Waals surface area (Å²) in [6.07, 6.45) is -1.92. The van der Waals surface area contributed by atoms with Gasteiger partial charge in [-0.05, 0) is 30.2 Å². The molecule has 1 heterocycles. The van der Waals surface area contributed by atoms with Crippen molar-refractivity contribution in [1.29, 1.82) is 0 Å². The molecule has 0 bridgehead atoms. The summed E-state index contributed by atoms with van der Waals surface area (Å²) >= 11 is 0. The summed E-state index contributed by atoms with van der Waals surface area (Å²) in [6, 6.07) is 2.26. The molecule has 0 N–H and O–H groups in total. The number of amides is 1. The van der Waals surface area contributed by atoms with Gasteiger partial charge in [0.25, 0.3) is 0 Å². The highest BCUT2D eigenvalue weighted by molar-refractivity contribution is 5.77. The maximum atomic E-state index is 13.8. The smallest absolute Gasteiger partial charge is 0.416 e. The number of hydrogen-bond acceptors (Lipinski definition) is 2. The van der Waals surface area contributed by atoms with Crippen LogP contribution in [0.2, 0.25) is 0 Å². The third-order valence-electron chi connectivity index (χ3n) is 3.54. The van der Waals surface area contributed by atoms with Crippen LogP contribution in [-0.2, 0) is 10.9 Å². The Balaban J connectivity index is 2.08. The van der Waals surface area contributed by atoms with Crippen LogP contribution in [0.3, 0.4) is 0 Å². The fraction of sp³-hybridized carbons (Fsp3) is 0.438. The van der Waals surface area contributed by atoms with Gasteiger partial charge >= 0.3 is 12.3 Å². The molecule has 0 fully saturated rings. The lowest BCUT2D eigenvalue weighted by Gasteiger charge is -2.17. The molecule has 1 aromatic carbocycles. The van der Waals surface area contributed by atoms with Crippen molar-refractivity contribution >= 4 is 11.7 Å². The highest BCUT2D eigenvalue weighted by Crippen LogP contribution is 2.33. The summed E-state index contributed by atoms with van der Waals surface area (Å²) in [5.41, 5.74) is -0.705. The lowest BCUT2D eigenvalue weighted by atomic mass is 10.0. The molecule has 0 unspecified atom stereocenters. The Morgan fingerprint density at radius 2 is 2.09 bits per heavy atom. The van der Waals surface area contributed by atoms with Crippen LogP contribution < -0.4 is 0 Å². The number of hydrogen-bond donors (Lipinski definition) is 0. The Hall–Kier alpha value is -2.05. The Morgan fingerprint density at radius 3 is 2.74 bits per heavy atom. The summed E-state index contributed by atoms with van der Waals surface area (Å²) in [4.78, 5) is 13.1. The van der Waals surface area contributed by atoms with E-state index in [2.05, 4.69) is 0 Å². The van der Waals surface area contributed by atoms with Gasteiger partial charge in [0, 0.05) is 18.7 Å². The van der Waals surface area contributed by atoms with E-state index >= 15 is 0 Å². The average molecular weight is 331 g/mol. The van der Waals surface area contributed by atoms with Gasteiger partial charge in [-0.2, -0.15) is 13.2 Å². The fourth-order valence-electron chi connectivity index (χ4n) is 2.23. The molecule has 7 heteroatoms. The van der Waals surface area contributed by atoms with Crippen LogP contribution in [0, 0.1) is 5.82 Å². The Morgan fingerprint density at radius 1 is 1.35 bits per heavy atom. The first-order valence-corrected chi connectivity index (χ1v) is 7.30. The standard InChI is InChI=1S/C16H17F4NO2/c1-2-3-8-23-15(22)21-7-6-11(10-21)13-9-12(16(18,19)20)4-5-14(13)17/h4-6,9H,2-3,7-8,10H2,1H3. The fourth-order valence-corrected chi connectivity index (χ4v) is 2.23. The Labute approximate surface area is 131 Å². The van der Waals surface area contributed by atoms with Crippen molar-refractivity contribution in [2.75, 3.05) is 19.7 Å². The zero-order valence-corrected chi connectivity index (χ0v) is 12.6. The molecule has 1 aliphatic rings. The molecular weight excluding hydrogens is 314 g/mol. The molecule has 1 aliphatic heterocycles. The van der Waals surface area contributed by atoms with E-state index in [-0.39, 0.29) is 18.7 Å². The van der Waals surface area contributed by atoms with Crippen LogP contribution in [0.5, 0.6) is 0 Å². The Kier molecular flexibility index (Phi) is 5.28. The van der Waals surface area contributed by atoms with E-state index in [0.717, 1.165) is 25.0 Å². The first kappa shape index (κ1) is 17.3. The number of nitrogens with zero attached hydrogens (tertiary/aromatic N) is 1. The Bertz CT molecular complexity index is 611. The van der Waals surface area contributed by atoms with Crippen LogP contribution in [0.15, 0.2) is 24.3 Å². The quantitative estimate of drug-likeness (QED) is 0.601. The van der Waals surface area contributed by atoms with E-state index in [4.69, 9.17) is 4.74 Å². The van der Waals surface area contributed by atoms with Crippen molar-refractivity contribution in [3.63, 3.8) is 0 Å². The van der Waals surface area contributed by atoms with Crippen LogP contribution in [0.4, 0.5) is 22.4 Å². The van der Waals surface area contributed by atoms with Crippen molar-refractivity contribution in [2.45, 2.75) is 25.9 Å². The maximum absolute atomic E-state index is 13.8. The van der Waals surface area contributed by atoms with E-state index in [9.17, 15) is 22.4 Å². The van der Waals surface area contributed by atoms with Gasteiger partial charge in [0.1, 0.15) is 5.82 Å². The number of unbranched alkanes of at least 4 members (excludes halogenated alkanes) is 1. The van der Waals surface area contributed by atoms with E-state index in [0.29, 0.717) is 18.2 Å². The van der Waals surface area contributed by atoms with Crippen molar-refractivity contribution in [3.05, 3.63) is 41.2 Å². The third-order valence-corrected chi connectivity index (χ3v) is 3.54. The summed E-state index contributed by atoms with van der Waals surface area (Å²) < 4.78 is 57.1. The predicted octanol–water partition coefficient (Wildman–Crippen LogP) is 4.48. The molecule has 0 radical (unpaired) electrons. The zero-order chi connectivity index (χ0) is 17.0. The molecule has 2 rings (SSSR count). The molecule has 1 amide bonds. The van der Waals surface area contributed by atoms with Crippen molar-refractivity contribution < 1.29 is 27.1 Å². The predicted molar refractivity (Wildman–Crippen MR) is 77.2 cm³/mol. The lowest BCUT2D eigenvalue weighted by Crippen LogP contribution is -2.29. The number of carbonyl (C=O) groups excluding carboxylic acids is 1. The van der Waals surface area contributed by atoms with Crippen LogP contribution in [-0.4, -0.2) is 30.7 Å². The van der Waals surface area contributed by atoms with Gasteiger partial charge in [-0.15, -0.1) is 0 Å². The number of benzene rings is 1. The SMILES string of the molecule is CCCCOC(=O)N1CC=C(c2cc(C(F)(F)F)ccc2F)C1. The van der Waals surface area contributed by atoms with E-state index in [1.54, 1.807) is 6.08 Å². The van der Waals surface area contributed by atoms with Crippen molar-refractivity contribution in [2.24, 2.45) is 0 Å². The first-order valence-electron chi connectivity index (χ1n) is 7.30. The monoisotopic (exact) mass is 331 g/mol. The van der Waals surface area contributed by atoms with Crippen LogP contribution in [0.25, 0.3) is 5.57 Å². The minimum Gasteiger partial charge on any atom is -0.449 e. The molecule has 0 saturated heterocycles. The van der Waals surface area contributed by atoms with Gasteiger partial charge in [-0.25, -0.2) is 9.18 Å². The normalized spacial score (nSPS) is 14.8. The molecule has 0 atom stereocenters. The number of halogens is 4. The minimum absolute atomic E-state index is 0.0309. The number of rotatable bonds is 4. The molecule has 0 saturated carbocycles. The van der Waals surface area contributed by atoms with Gasteiger partial charge < -0.3 is 9.64 Å². The average Bonchev–Trinajstić information content (AvgIpc) is 2.96. The van der Waals surface area contributed by atoms with Crippen molar-refractivity contribution in [1.82, 2.24) is 4.90 Å². The third kappa shape index (κ3) is 4.24. The van der Waals surface area contributed by atoms with Gasteiger partial charge in [-0.3, -0.25) is 0 Å². The summed E-state index contributed by atoms with van der Waals surface area (Å²) in [7, 11) is 0. The molecule has 0 spiro atoms. The summed E-state index contributed by atoms with van der Waals surface area (Å²) in [6.45, 7) is 2.47. The molecule has 1 aromatic rings. The lowest BCUT2D eigenvalue weighted by molar-refractivity contribution is -0.137. The molecule has 3 nitrogen and oxygen atoms in total. The van der Waals surface area contributed by atoms with E-state index in [1.807, 2.05) is 6.92 Å². The second-order valence-corrected chi connectivity index (χ2v) is 5.27.